The van der Waals surface area contributed by atoms with Gasteiger partial charge in [0.15, 0.2) is 0 Å². The van der Waals surface area contributed by atoms with Crippen molar-refractivity contribution in [3.8, 4) is 6.07 Å². The molecule has 0 atom stereocenters. The molecule has 0 saturated heterocycles. The van der Waals surface area contributed by atoms with Crippen LogP contribution in [0.4, 0.5) is 11.8 Å². The number of nitrogens with two attached hydrogens (primary N) is 1. The van der Waals surface area contributed by atoms with Crippen molar-refractivity contribution in [2.45, 2.75) is 6.42 Å². The zero-order valence-corrected chi connectivity index (χ0v) is 7.44. The number of rotatable bonds is 3. The average Bonchev–Trinajstić information content (AvgIpc) is 2.14. The van der Waals surface area contributed by atoms with Gasteiger partial charge in [-0.05, 0) is 6.07 Å². The summed E-state index contributed by atoms with van der Waals surface area (Å²) in [6.45, 7) is 0.646. The van der Waals surface area contributed by atoms with E-state index in [0.29, 0.717) is 13.0 Å². The lowest BCUT2D eigenvalue weighted by Crippen LogP contribution is -2.19. The molecule has 1 aromatic heterocycles. The summed E-state index contributed by atoms with van der Waals surface area (Å²) < 4.78 is 0. The van der Waals surface area contributed by atoms with Crippen LogP contribution in [0.1, 0.15) is 6.42 Å². The number of anilines is 2. The molecule has 1 heterocycles. The van der Waals surface area contributed by atoms with Crippen LogP contribution in [-0.2, 0) is 0 Å². The normalized spacial score (nSPS) is 9.23. The standard InChI is InChI=1S/C8H11N5/c1-13(6-2-4-9)7-3-5-11-8(10)12-7/h3,5H,2,6H2,1H3,(H2,10,11,12). The summed E-state index contributed by atoms with van der Waals surface area (Å²) in [4.78, 5) is 9.65. The molecule has 0 spiro atoms. The van der Waals surface area contributed by atoms with Crippen LogP contribution in [0.25, 0.3) is 0 Å². The predicted octanol–water partition coefficient (Wildman–Crippen LogP) is 0.409. The molecule has 0 aliphatic carbocycles. The molecule has 5 heteroatoms. The predicted molar refractivity (Wildman–Crippen MR) is 49.9 cm³/mol. The summed E-state index contributed by atoms with van der Waals surface area (Å²) in [5, 5.41) is 8.38. The van der Waals surface area contributed by atoms with Gasteiger partial charge in [-0.25, -0.2) is 4.98 Å². The quantitative estimate of drug-likeness (QED) is 0.723. The van der Waals surface area contributed by atoms with Crippen LogP contribution in [0.5, 0.6) is 0 Å². The molecule has 0 saturated carbocycles. The van der Waals surface area contributed by atoms with Crippen molar-refractivity contribution in [1.29, 1.82) is 5.26 Å². The molecule has 2 N–H and O–H groups in total. The molecular formula is C8H11N5. The smallest absolute Gasteiger partial charge is 0.221 e. The van der Waals surface area contributed by atoms with Gasteiger partial charge >= 0.3 is 0 Å². The zero-order chi connectivity index (χ0) is 9.68. The maximum absolute atomic E-state index is 8.38. The summed E-state index contributed by atoms with van der Waals surface area (Å²) in [6.07, 6.45) is 2.07. The minimum absolute atomic E-state index is 0.251. The fourth-order valence-electron chi connectivity index (χ4n) is 0.909. The van der Waals surface area contributed by atoms with Gasteiger partial charge in [0.1, 0.15) is 5.82 Å². The Morgan fingerprint density at radius 2 is 2.46 bits per heavy atom. The van der Waals surface area contributed by atoms with E-state index in [2.05, 4.69) is 16.0 Å². The molecular weight excluding hydrogens is 166 g/mol. The van der Waals surface area contributed by atoms with Crippen LogP contribution in [0.3, 0.4) is 0 Å². The molecule has 0 unspecified atom stereocenters. The number of nitrogens with zero attached hydrogens (tertiary/aromatic N) is 4. The van der Waals surface area contributed by atoms with E-state index < -0.39 is 0 Å². The second-order valence-corrected chi connectivity index (χ2v) is 2.60. The van der Waals surface area contributed by atoms with Crippen LogP contribution in [0.15, 0.2) is 12.3 Å². The first-order valence-electron chi connectivity index (χ1n) is 3.90. The van der Waals surface area contributed by atoms with Gasteiger partial charge in [-0.1, -0.05) is 0 Å². The van der Waals surface area contributed by atoms with Crippen LogP contribution < -0.4 is 10.6 Å². The lowest BCUT2D eigenvalue weighted by atomic mass is 10.4. The minimum Gasteiger partial charge on any atom is -0.368 e. The van der Waals surface area contributed by atoms with Crippen molar-refractivity contribution >= 4 is 11.8 Å². The van der Waals surface area contributed by atoms with Crippen LogP contribution in [0, 0.1) is 11.3 Å². The summed E-state index contributed by atoms with van der Waals surface area (Å²) in [5.41, 5.74) is 5.41. The van der Waals surface area contributed by atoms with Crippen molar-refractivity contribution in [3.05, 3.63) is 12.3 Å². The highest BCUT2D eigenvalue weighted by Crippen LogP contribution is 2.08. The molecule has 0 bridgehead atoms. The minimum atomic E-state index is 0.251. The van der Waals surface area contributed by atoms with Gasteiger partial charge in [0.25, 0.3) is 0 Å². The van der Waals surface area contributed by atoms with Gasteiger partial charge in [0.05, 0.1) is 12.5 Å². The summed E-state index contributed by atoms with van der Waals surface area (Å²) in [6, 6.07) is 3.82. The van der Waals surface area contributed by atoms with E-state index in [4.69, 9.17) is 11.0 Å². The first-order valence-corrected chi connectivity index (χ1v) is 3.90. The molecule has 68 valence electrons. The first kappa shape index (κ1) is 9.26. The molecule has 1 aromatic rings. The van der Waals surface area contributed by atoms with Crippen molar-refractivity contribution in [1.82, 2.24) is 9.97 Å². The molecule has 0 aliphatic heterocycles. The van der Waals surface area contributed by atoms with Crippen LogP contribution >= 0.6 is 0 Å². The second kappa shape index (κ2) is 4.26. The van der Waals surface area contributed by atoms with Crippen LogP contribution in [-0.4, -0.2) is 23.6 Å². The molecule has 5 nitrogen and oxygen atoms in total. The highest BCUT2D eigenvalue weighted by Gasteiger charge is 2.01. The van der Waals surface area contributed by atoms with Gasteiger partial charge in [0, 0.05) is 19.8 Å². The van der Waals surface area contributed by atoms with Crippen molar-refractivity contribution < 1.29 is 0 Å². The highest BCUT2D eigenvalue weighted by molar-refractivity contribution is 5.39. The van der Waals surface area contributed by atoms with E-state index in [-0.39, 0.29) is 5.95 Å². The zero-order valence-electron chi connectivity index (χ0n) is 7.44. The van der Waals surface area contributed by atoms with E-state index in [1.54, 1.807) is 12.3 Å². The number of nitrogen functional groups attached to an aromatic ring is 1. The van der Waals surface area contributed by atoms with E-state index >= 15 is 0 Å². The monoisotopic (exact) mass is 177 g/mol. The number of nitriles is 1. The third-order valence-corrected chi connectivity index (χ3v) is 1.61. The molecule has 0 fully saturated rings. The molecule has 1 rings (SSSR count). The van der Waals surface area contributed by atoms with Gasteiger partial charge < -0.3 is 10.6 Å². The van der Waals surface area contributed by atoms with E-state index in [1.807, 2.05) is 11.9 Å². The summed E-state index contributed by atoms with van der Waals surface area (Å²) in [7, 11) is 1.86. The lowest BCUT2D eigenvalue weighted by molar-refractivity contribution is 0.881. The Morgan fingerprint density at radius 3 is 3.08 bits per heavy atom. The summed E-state index contributed by atoms with van der Waals surface area (Å²) >= 11 is 0. The molecule has 13 heavy (non-hydrogen) atoms. The third kappa shape index (κ3) is 2.60. The van der Waals surface area contributed by atoms with Gasteiger partial charge in [-0.2, -0.15) is 10.2 Å². The van der Waals surface area contributed by atoms with Crippen LogP contribution in [0.2, 0.25) is 0 Å². The number of aromatic nitrogens is 2. The van der Waals surface area contributed by atoms with Gasteiger partial charge in [0.2, 0.25) is 5.95 Å². The maximum Gasteiger partial charge on any atom is 0.221 e. The molecule has 0 radical (unpaired) electrons. The number of hydrogen-bond donors (Lipinski definition) is 1. The Hall–Kier alpha value is -1.83. The molecule has 0 aliphatic rings. The van der Waals surface area contributed by atoms with Crippen molar-refractivity contribution in [2.75, 3.05) is 24.2 Å². The van der Waals surface area contributed by atoms with Crippen molar-refractivity contribution in [2.24, 2.45) is 0 Å². The van der Waals surface area contributed by atoms with Crippen molar-refractivity contribution in [3.63, 3.8) is 0 Å². The topological polar surface area (TPSA) is 78.8 Å². The Bertz CT molecular complexity index is 317. The second-order valence-electron chi connectivity index (χ2n) is 2.60. The average molecular weight is 177 g/mol. The lowest BCUT2D eigenvalue weighted by Gasteiger charge is -2.15. The van der Waals surface area contributed by atoms with E-state index in [1.165, 1.54) is 0 Å². The third-order valence-electron chi connectivity index (χ3n) is 1.61. The molecule has 0 amide bonds. The number of hydrogen-bond acceptors (Lipinski definition) is 5. The van der Waals surface area contributed by atoms with Gasteiger partial charge in [-0.3, -0.25) is 0 Å². The Morgan fingerprint density at radius 1 is 1.69 bits per heavy atom. The SMILES string of the molecule is CN(CCC#N)c1ccnc(N)n1. The molecule has 0 aromatic carbocycles. The summed E-state index contributed by atoms with van der Waals surface area (Å²) in [5.74, 6) is 0.990. The van der Waals surface area contributed by atoms with E-state index in [0.717, 1.165) is 5.82 Å². The fraction of sp³-hybridized carbons (Fsp3) is 0.375. The Balaban J connectivity index is 2.66. The first-order chi connectivity index (χ1) is 6.24. The Labute approximate surface area is 76.8 Å². The van der Waals surface area contributed by atoms with E-state index in [9.17, 15) is 0 Å². The Kier molecular flexibility index (Phi) is 3.03. The fourth-order valence-corrected chi connectivity index (χ4v) is 0.909. The largest absolute Gasteiger partial charge is 0.368 e. The highest BCUT2D eigenvalue weighted by atomic mass is 15.2. The van der Waals surface area contributed by atoms with Gasteiger partial charge in [-0.15, -0.1) is 0 Å². The maximum atomic E-state index is 8.38.